The number of halogens is 4. The maximum Gasteiger partial charge on any atom is 0.416 e. The standard InChI is InChI=1S/C14H14BrF3N2/c1-3-10-8-11(4-2)20(19-10)13-6-5-9(7-12(13)15)14(16,17)18/h5-8H,3-4H2,1-2H3. The highest BCUT2D eigenvalue weighted by Gasteiger charge is 2.31. The van der Waals surface area contributed by atoms with Crippen LogP contribution in [0.1, 0.15) is 30.8 Å². The lowest BCUT2D eigenvalue weighted by Gasteiger charge is -2.12. The van der Waals surface area contributed by atoms with Crippen molar-refractivity contribution >= 4 is 15.9 Å². The maximum atomic E-state index is 12.7. The van der Waals surface area contributed by atoms with Crippen LogP contribution in [0.5, 0.6) is 0 Å². The van der Waals surface area contributed by atoms with Crippen LogP contribution in [0.15, 0.2) is 28.7 Å². The molecule has 1 aromatic heterocycles. The van der Waals surface area contributed by atoms with Crippen molar-refractivity contribution < 1.29 is 13.2 Å². The zero-order chi connectivity index (χ0) is 14.9. The van der Waals surface area contributed by atoms with Crippen molar-refractivity contribution in [1.82, 2.24) is 9.78 Å². The first kappa shape index (κ1) is 15.1. The molecule has 20 heavy (non-hydrogen) atoms. The number of rotatable bonds is 3. The molecule has 0 saturated heterocycles. The van der Waals surface area contributed by atoms with Gasteiger partial charge in [0.25, 0.3) is 0 Å². The van der Waals surface area contributed by atoms with E-state index < -0.39 is 11.7 Å². The van der Waals surface area contributed by atoms with E-state index in [4.69, 9.17) is 0 Å². The molecule has 2 aromatic rings. The number of hydrogen-bond acceptors (Lipinski definition) is 1. The van der Waals surface area contributed by atoms with Crippen LogP contribution in [0.2, 0.25) is 0 Å². The van der Waals surface area contributed by atoms with Crippen molar-refractivity contribution in [3.63, 3.8) is 0 Å². The van der Waals surface area contributed by atoms with Crippen molar-refractivity contribution in [2.75, 3.05) is 0 Å². The summed E-state index contributed by atoms with van der Waals surface area (Å²) in [5.74, 6) is 0. The topological polar surface area (TPSA) is 17.8 Å². The van der Waals surface area contributed by atoms with Crippen LogP contribution in [0.25, 0.3) is 5.69 Å². The Balaban J connectivity index is 2.51. The fraction of sp³-hybridized carbons (Fsp3) is 0.357. The number of hydrogen-bond donors (Lipinski definition) is 0. The molecule has 1 aromatic carbocycles. The number of alkyl halides is 3. The quantitative estimate of drug-likeness (QED) is 0.782. The minimum Gasteiger partial charge on any atom is -0.236 e. The lowest BCUT2D eigenvalue weighted by molar-refractivity contribution is -0.137. The molecule has 0 aliphatic heterocycles. The summed E-state index contributed by atoms with van der Waals surface area (Å²) < 4.78 is 40.1. The second-order valence-corrected chi connectivity index (χ2v) is 5.26. The molecule has 0 unspecified atom stereocenters. The Bertz CT molecular complexity index is 617. The molecular formula is C14H14BrF3N2. The van der Waals surface area contributed by atoms with Crippen molar-refractivity contribution in [3.05, 3.63) is 45.7 Å². The summed E-state index contributed by atoms with van der Waals surface area (Å²) >= 11 is 3.21. The highest BCUT2D eigenvalue weighted by Crippen LogP contribution is 2.33. The van der Waals surface area contributed by atoms with Crippen molar-refractivity contribution in [2.24, 2.45) is 0 Å². The number of aryl methyl sites for hydroxylation is 2. The van der Waals surface area contributed by atoms with Gasteiger partial charge in [0.05, 0.1) is 16.9 Å². The second kappa shape index (κ2) is 5.60. The van der Waals surface area contributed by atoms with Gasteiger partial charge in [-0.05, 0) is 53.0 Å². The number of nitrogens with zero attached hydrogens (tertiary/aromatic N) is 2. The highest BCUT2D eigenvalue weighted by atomic mass is 79.9. The van der Waals surface area contributed by atoms with E-state index in [9.17, 15) is 13.2 Å². The molecule has 1 heterocycles. The largest absolute Gasteiger partial charge is 0.416 e. The van der Waals surface area contributed by atoms with Crippen molar-refractivity contribution in [3.8, 4) is 5.69 Å². The predicted octanol–water partition coefficient (Wildman–Crippen LogP) is 4.78. The van der Waals surface area contributed by atoms with Crippen molar-refractivity contribution in [1.29, 1.82) is 0 Å². The Morgan fingerprint density at radius 2 is 1.85 bits per heavy atom. The van der Waals surface area contributed by atoms with Gasteiger partial charge in [-0.1, -0.05) is 13.8 Å². The van der Waals surface area contributed by atoms with Crippen LogP contribution in [-0.4, -0.2) is 9.78 Å². The summed E-state index contributed by atoms with van der Waals surface area (Å²) in [4.78, 5) is 0. The zero-order valence-corrected chi connectivity index (χ0v) is 12.7. The van der Waals surface area contributed by atoms with Crippen LogP contribution in [0.3, 0.4) is 0 Å². The van der Waals surface area contributed by atoms with Gasteiger partial charge in [-0.15, -0.1) is 0 Å². The smallest absolute Gasteiger partial charge is 0.236 e. The summed E-state index contributed by atoms with van der Waals surface area (Å²) in [6.45, 7) is 3.98. The average molecular weight is 347 g/mol. The minimum atomic E-state index is -4.34. The van der Waals surface area contributed by atoms with E-state index in [1.165, 1.54) is 6.07 Å². The fourth-order valence-electron chi connectivity index (χ4n) is 1.96. The first-order valence-electron chi connectivity index (χ1n) is 6.31. The van der Waals surface area contributed by atoms with E-state index >= 15 is 0 Å². The molecule has 0 aliphatic rings. The lowest BCUT2D eigenvalue weighted by Crippen LogP contribution is -2.07. The van der Waals surface area contributed by atoms with Crippen LogP contribution in [0, 0.1) is 0 Å². The number of benzene rings is 1. The summed E-state index contributed by atoms with van der Waals surface area (Å²) in [5.41, 5.74) is 1.85. The van der Waals surface area contributed by atoms with Gasteiger partial charge < -0.3 is 0 Å². The highest BCUT2D eigenvalue weighted by molar-refractivity contribution is 9.10. The monoisotopic (exact) mass is 346 g/mol. The van der Waals surface area contributed by atoms with E-state index in [0.29, 0.717) is 10.2 Å². The van der Waals surface area contributed by atoms with Gasteiger partial charge in [0.1, 0.15) is 0 Å². The van der Waals surface area contributed by atoms with Gasteiger partial charge in [-0.2, -0.15) is 18.3 Å². The van der Waals surface area contributed by atoms with Gasteiger partial charge in [0, 0.05) is 10.2 Å². The van der Waals surface area contributed by atoms with Crippen LogP contribution in [0.4, 0.5) is 13.2 Å². The minimum absolute atomic E-state index is 0.382. The third kappa shape index (κ3) is 2.90. The summed E-state index contributed by atoms with van der Waals surface area (Å²) in [7, 11) is 0. The molecule has 0 atom stereocenters. The molecule has 0 aliphatic carbocycles. The van der Waals surface area contributed by atoms with Gasteiger partial charge in [-0.3, -0.25) is 0 Å². The van der Waals surface area contributed by atoms with Gasteiger partial charge >= 0.3 is 6.18 Å². The molecule has 0 fully saturated rings. The molecule has 0 bridgehead atoms. The van der Waals surface area contributed by atoms with E-state index in [1.807, 2.05) is 19.9 Å². The molecule has 2 rings (SSSR count). The van der Waals surface area contributed by atoms with Gasteiger partial charge in [0.15, 0.2) is 0 Å². The fourth-order valence-corrected chi connectivity index (χ4v) is 2.51. The van der Waals surface area contributed by atoms with Crippen LogP contribution < -0.4 is 0 Å². The number of aromatic nitrogens is 2. The molecule has 0 N–H and O–H groups in total. The average Bonchev–Trinajstić information content (AvgIpc) is 2.80. The van der Waals surface area contributed by atoms with E-state index in [-0.39, 0.29) is 0 Å². The molecule has 0 radical (unpaired) electrons. The van der Waals surface area contributed by atoms with Gasteiger partial charge in [0.2, 0.25) is 0 Å². The normalized spacial score (nSPS) is 11.9. The van der Waals surface area contributed by atoms with Crippen LogP contribution in [-0.2, 0) is 19.0 Å². The maximum absolute atomic E-state index is 12.7. The molecule has 108 valence electrons. The van der Waals surface area contributed by atoms with E-state index in [1.54, 1.807) is 4.68 Å². The lowest BCUT2D eigenvalue weighted by atomic mass is 10.2. The van der Waals surface area contributed by atoms with Crippen LogP contribution >= 0.6 is 15.9 Å². The van der Waals surface area contributed by atoms with E-state index in [0.717, 1.165) is 36.4 Å². The Kier molecular flexibility index (Phi) is 4.22. The summed E-state index contributed by atoms with van der Waals surface area (Å²) in [5, 5.41) is 4.43. The third-order valence-corrected chi connectivity index (χ3v) is 3.70. The first-order valence-corrected chi connectivity index (χ1v) is 7.11. The Labute approximate surface area is 123 Å². The SMILES string of the molecule is CCc1cc(CC)n(-c2ccc(C(F)(F)F)cc2Br)n1. The molecule has 6 heteroatoms. The Morgan fingerprint density at radius 3 is 2.35 bits per heavy atom. The molecule has 0 saturated carbocycles. The molecule has 0 spiro atoms. The summed E-state index contributed by atoms with van der Waals surface area (Å²) in [6, 6.07) is 5.58. The Morgan fingerprint density at radius 1 is 1.15 bits per heavy atom. The predicted molar refractivity (Wildman–Crippen MR) is 75.0 cm³/mol. The molecular weight excluding hydrogens is 333 g/mol. The molecule has 0 amide bonds. The second-order valence-electron chi connectivity index (χ2n) is 4.41. The zero-order valence-electron chi connectivity index (χ0n) is 11.1. The third-order valence-electron chi connectivity index (χ3n) is 3.06. The molecule has 2 nitrogen and oxygen atoms in total. The Hall–Kier alpha value is -1.30. The summed E-state index contributed by atoms with van der Waals surface area (Å²) in [6.07, 6.45) is -2.79. The first-order chi connectivity index (χ1) is 9.36. The van der Waals surface area contributed by atoms with Crippen molar-refractivity contribution in [2.45, 2.75) is 32.9 Å². The van der Waals surface area contributed by atoms with E-state index in [2.05, 4.69) is 21.0 Å². The van der Waals surface area contributed by atoms with Gasteiger partial charge in [-0.25, -0.2) is 4.68 Å².